The number of nitrogens with one attached hydrogen (secondary N) is 2. The lowest BCUT2D eigenvalue weighted by atomic mass is 10.1. The van der Waals surface area contributed by atoms with Crippen molar-refractivity contribution in [3.05, 3.63) is 56.0 Å². The minimum Gasteiger partial charge on any atom is -0.355 e. The summed E-state index contributed by atoms with van der Waals surface area (Å²) in [5.41, 5.74) is 0.153. The highest BCUT2D eigenvalue weighted by atomic mass is 35.5. The van der Waals surface area contributed by atoms with Gasteiger partial charge < -0.3 is 10.3 Å². The number of hydrogen-bond donors (Lipinski definition) is 2. The van der Waals surface area contributed by atoms with Crippen molar-refractivity contribution in [1.82, 2.24) is 9.97 Å². The van der Waals surface area contributed by atoms with Crippen molar-refractivity contribution < 1.29 is 4.39 Å². The van der Waals surface area contributed by atoms with E-state index in [1.165, 1.54) is 17.5 Å². The van der Waals surface area contributed by atoms with Crippen molar-refractivity contribution >= 4 is 39.0 Å². The molecule has 0 aliphatic carbocycles. The molecule has 0 fully saturated rings. The Labute approximate surface area is 139 Å². The first-order chi connectivity index (χ1) is 11.0. The largest absolute Gasteiger partial charge is 0.355 e. The molecule has 8 heteroatoms. The Hall–Kier alpha value is -2.43. The molecule has 0 unspecified atom stereocenters. The zero-order chi connectivity index (χ0) is 16.6. The molecule has 0 aliphatic heterocycles. The highest BCUT2D eigenvalue weighted by Crippen LogP contribution is 2.25. The van der Waals surface area contributed by atoms with Gasteiger partial charge in [0.25, 0.3) is 5.56 Å². The summed E-state index contributed by atoms with van der Waals surface area (Å²) in [6.45, 7) is 1.78. The number of benzene rings is 1. The third-order valence-electron chi connectivity index (χ3n) is 3.32. The Bertz CT molecular complexity index is 991. The van der Waals surface area contributed by atoms with Gasteiger partial charge in [0.1, 0.15) is 16.8 Å². The highest BCUT2D eigenvalue weighted by molar-refractivity contribution is 7.16. The van der Waals surface area contributed by atoms with Gasteiger partial charge in [-0.3, -0.25) is 4.79 Å². The first-order valence-corrected chi connectivity index (χ1v) is 7.82. The van der Waals surface area contributed by atoms with E-state index in [1.807, 2.05) is 6.07 Å². The van der Waals surface area contributed by atoms with E-state index in [0.717, 1.165) is 6.07 Å². The van der Waals surface area contributed by atoms with Crippen LogP contribution in [0.3, 0.4) is 0 Å². The summed E-state index contributed by atoms with van der Waals surface area (Å²) in [5.74, 6) is -0.574. The topological polar surface area (TPSA) is 81.6 Å². The minimum atomic E-state index is -0.574. The molecule has 3 aromatic rings. The number of thiazole rings is 1. The van der Waals surface area contributed by atoms with Crippen LogP contribution < -0.4 is 10.9 Å². The van der Waals surface area contributed by atoms with E-state index in [-0.39, 0.29) is 16.6 Å². The number of halogens is 2. The third-order valence-corrected chi connectivity index (χ3v) is 4.37. The van der Waals surface area contributed by atoms with Crippen molar-refractivity contribution in [1.29, 1.82) is 5.26 Å². The monoisotopic (exact) mass is 348 g/mol. The van der Waals surface area contributed by atoms with Gasteiger partial charge in [-0.15, -0.1) is 0 Å². The lowest BCUT2D eigenvalue weighted by molar-refractivity contribution is 0.636. The molecule has 0 aliphatic rings. The number of rotatable bonds is 3. The second-order valence-electron chi connectivity index (χ2n) is 4.91. The predicted octanol–water partition coefficient (Wildman–Crippen LogP) is 3.82. The van der Waals surface area contributed by atoms with E-state index in [1.54, 1.807) is 19.1 Å². The molecule has 0 amide bonds. The Kier molecular flexibility index (Phi) is 4.03. The van der Waals surface area contributed by atoms with Gasteiger partial charge >= 0.3 is 0 Å². The average Bonchev–Trinajstić information content (AvgIpc) is 2.95. The van der Waals surface area contributed by atoms with Crippen LogP contribution in [0.15, 0.2) is 29.2 Å². The molecule has 2 aromatic heterocycles. The summed E-state index contributed by atoms with van der Waals surface area (Å²) < 4.78 is 13.8. The lowest BCUT2D eigenvalue weighted by Crippen LogP contribution is -2.19. The van der Waals surface area contributed by atoms with Crippen LogP contribution in [-0.4, -0.2) is 9.97 Å². The van der Waals surface area contributed by atoms with Crippen molar-refractivity contribution in [2.75, 3.05) is 5.32 Å². The molecule has 0 bridgehead atoms. The van der Waals surface area contributed by atoms with Crippen LogP contribution in [0.25, 0.3) is 10.9 Å². The van der Waals surface area contributed by atoms with Crippen LogP contribution in [-0.2, 0) is 0 Å². The Morgan fingerprint density at radius 3 is 2.96 bits per heavy atom. The fraction of sp³-hybridized carbons (Fsp3) is 0.133. The first-order valence-electron chi connectivity index (χ1n) is 6.62. The van der Waals surface area contributed by atoms with E-state index in [9.17, 15) is 9.18 Å². The highest BCUT2D eigenvalue weighted by Gasteiger charge is 2.14. The van der Waals surface area contributed by atoms with Gasteiger partial charge in [-0.2, -0.15) is 5.26 Å². The number of H-pyrrole nitrogens is 1. The molecule has 23 heavy (non-hydrogen) atoms. The fourth-order valence-electron chi connectivity index (χ4n) is 2.24. The zero-order valence-corrected chi connectivity index (χ0v) is 13.4. The van der Waals surface area contributed by atoms with Crippen LogP contribution in [0.5, 0.6) is 0 Å². The molecule has 0 saturated heterocycles. The molecule has 1 atom stereocenters. The van der Waals surface area contributed by atoms with E-state index in [0.29, 0.717) is 21.0 Å². The van der Waals surface area contributed by atoms with Gasteiger partial charge in [0, 0.05) is 16.0 Å². The number of anilines is 1. The maximum atomic E-state index is 13.8. The molecular weight excluding hydrogens is 339 g/mol. The van der Waals surface area contributed by atoms with Crippen molar-refractivity contribution in [2.24, 2.45) is 0 Å². The predicted molar refractivity (Wildman–Crippen MR) is 88.4 cm³/mol. The van der Waals surface area contributed by atoms with Crippen molar-refractivity contribution in [2.45, 2.75) is 13.0 Å². The minimum absolute atomic E-state index is 0.122. The van der Waals surface area contributed by atoms with Crippen molar-refractivity contribution in [3.8, 4) is 6.07 Å². The Morgan fingerprint density at radius 2 is 2.26 bits per heavy atom. The summed E-state index contributed by atoms with van der Waals surface area (Å²) in [4.78, 5) is 19.3. The molecule has 0 spiro atoms. The normalized spacial score (nSPS) is 12.1. The first kappa shape index (κ1) is 15.5. The quantitative estimate of drug-likeness (QED) is 0.753. The summed E-state index contributed by atoms with van der Waals surface area (Å²) in [7, 11) is 0. The van der Waals surface area contributed by atoms with Crippen LogP contribution in [0.4, 0.5) is 9.52 Å². The number of hydrogen-bond acceptors (Lipinski definition) is 5. The Balaban J connectivity index is 2.00. The maximum Gasteiger partial charge on any atom is 0.253 e. The SMILES string of the molecule is C[C@H](Nc1ncc(C#N)s1)c1cc2cc(Cl)cc(F)c2[nH]c1=O. The second kappa shape index (κ2) is 5.99. The van der Waals surface area contributed by atoms with E-state index < -0.39 is 11.4 Å². The molecule has 2 N–H and O–H groups in total. The summed E-state index contributed by atoms with van der Waals surface area (Å²) in [6.07, 6.45) is 1.46. The molecule has 0 saturated carbocycles. The van der Waals surface area contributed by atoms with Gasteiger partial charge in [0.05, 0.1) is 17.8 Å². The van der Waals surface area contributed by atoms with E-state index in [2.05, 4.69) is 15.3 Å². The standard InChI is InChI=1S/C15H10ClFN4OS/c1-7(20-15-19-6-10(5-18)23-15)11-3-8-2-9(16)4-12(17)13(8)21-14(11)22/h2-4,6-7H,1H3,(H,19,20)(H,21,22)/t7-/m0/s1. The molecule has 1 aromatic carbocycles. The second-order valence-corrected chi connectivity index (χ2v) is 6.38. The van der Waals surface area contributed by atoms with E-state index in [4.69, 9.17) is 16.9 Å². The Morgan fingerprint density at radius 1 is 1.48 bits per heavy atom. The molecule has 5 nitrogen and oxygen atoms in total. The van der Waals surface area contributed by atoms with Crippen LogP contribution in [0.1, 0.15) is 23.4 Å². The maximum absolute atomic E-state index is 13.8. The number of nitrogens with zero attached hydrogens (tertiary/aromatic N) is 2. The molecule has 2 heterocycles. The van der Waals surface area contributed by atoms with Crippen LogP contribution >= 0.6 is 22.9 Å². The van der Waals surface area contributed by atoms with Crippen LogP contribution in [0.2, 0.25) is 5.02 Å². The summed E-state index contributed by atoms with van der Waals surface area (Å²) in [5, 5.41) is 13.2. The van der Waals surface area contributed by atoms with E-state index >= 15 is 0 Å². The van der Waals surface area contributed by atoms with Gasteiger partial charge in [0.2, 0.25) is 0 Å². The van der Waals surface area contributed by atoms with Gasteiger partial charge in [-0.05, 0) is 25.1 Å². The third kappa shape index (κ3) is 3.04. The molecular formula is C15H10ClFN4OS. The number of aromatic amines is 1. The fourth-order valence-corrected chi connectivity index (χ4v) is 3.15. The average molecular weight is 349 g/mol. The van der Waals surface area contributed by atoms with Crippen LogP contribution in [0, 0.1) is 17.1 Å². The summed E-state index contributed by atoms with van der Waals surface area (Å²) in [6, 6.07) is 5.96. The molecule has 116 valence electrons. The molecule has 0 radical (unpaired) electrons. The number of nitriles is 1. The van der Waals surface area contributed by atoms with Crippen molar-refractivity contribution in [3.63, 3.8) is 0 Å². The summed E-state index contributed by atoms with van der Waals surface area (Å²) >= 11 is 7.05. The number of pyridine rings is 1. The number of aromatic nitrogens is 2. The zero-order valence-electron chi connectivity index (χ0n) is 11.9. The molecule has 3 rings (SSSR count). The van der Waals surface area contributed by atoms with Gasteiger partial charge in [0.15, 0.2) is 5.13 Å². The number of fused-ring (bicyclic) bond motifs is 1. The lowest BCUT2D eigenvalue weighted by Gasteiger charge is -2.13. The smallest absolute Gasteiger partial charge is 0.253 e. The van der Waals surface area contributed by atoms with Gasteiger partial charge in [-0.1, -0.05) is 22.9 Å². The van der Waals surface area contributed by atoms with Gasteiger partial charge in [-0.25, -0.2) is 9.37 Å².